The second-order valence-electron chi connectivity index (χ2n) is 4.12. The van der Waals surface area contributed by atoms with E-state index in [4.69, 9.17) is 11.6 Å². The first-order valence-corrected chi connectivity index (χ1v) is 7.06. The van der Waals surface area contributed by atoms with E-state index in [0.29, 0.717) is 5.02 Å². The molecule has 0 saturated heterocycles. The predicted octanol–water partition coefficient (Wildman–Crippen LogP) is 5.27. The van der Waals surface area contributed by atoms with Crippen molar-refractivity contribution in [1.82, 2.24) is 0 Å². The molecule has 0 aliphatic rings. The van der Waals surface area contributed by atoms with Gasteiger partial charge in [0, 0.05) is 4.47 Å². The maximum absolute atomic E-state index is 10.00. The summed E-state index contributed by atoms with van der Waals surface area (Å²) in [6, 6.07) is 5.60. The van der Waals surface area contributed by atoms with E-state index in [0.717, 1.165) is 42.1 Å². The van der Waals surface area contributed by atoms with Crippen LogP contribution in [0, 0.1) is 0 Å². The maximum atomic E-state index is 10.00. The number of allylic oxidation sites excluding steroid dienone is 1. The average Bonchev–Trinajstić information content (AvgIpc) is 2.32. The Kier molecular flexibility index (Phi) is 6.86. The van der Waals surface area contributed by atoms with Crippen molar-refractivity contribution in [3.8, 4) is 0 Å². The number of hydrogen-bond acceptors (Lipinski definition) is 1. The fraction of sp³-hybridized carbons (Fsp3) is 0.429. The molecule has 17 heavy (non-hydrogen) atoms. The predicted molar refractivity (Wildman–Crippen MR) is 77.4 cm³/mol. The third-order valence-corrected chi connectivity index (χ3v) is 3.95. The Balaban J connectivity index is 2.38. The lowest BCUT2D eigenvalue weighted by molar-refractivity contribution is 0.163. The molecule has 1 N–H and O–H groups in total. The van der Waals surface area contributed by atoms with E-state index < -0.39 is 6.10 Å². The zero-order chi connectivity index (χ0) is 12.7. The first-order chi connectivity index (χ1) is 8.15. The average molecular weight is 318 g/mol. The van der Waals surface area contributed by atoms with E-state index in [1.54, 1.807) is 0 Å². The molecule has 0 aliphatic carbocycles. The number of aliphatic hydroxyl groups is 1. The molecule has 1 aromatic carbocycles. The Bertz CT molecular complexity index is 365. The van der Waals surface area contributed by atoms with Gasteiger partial charge in [0.2, 0.25) is 0 Å². The van der Waals surface area contributed by atoms with Crippen molar-refractivity contribution in [1.29, 1.82) is 0 Å². The van der Waals surface area contributed by atoms with Crippen molar-refractivity contribution in [3.63, 3.8) is 0 Å². The number of halogens is 2. The SMILES string of the molecule is C=CCCCCCC(O)c1ccc(Br)c(Cl)c1. The van der Waals surface area contributed by atoms with Gasteiger partial charge in [0.15, 0.2) is 0 Å². The summed E-state index contributed by atoms with van der Waals surface area (Å²) in [7, 11) is 0. The van der Waals surface area contributed by atoms with Gasteiger partial charge in [-0.1, -0.05) is 36.6 Å². The zero-order valence-electron chi connectivity index (χ0n) is 9.83. The highest BCUT2D eigenvalue weighted by Gasteiger charge is 2.08. The van der Waals surface area contributed by atoms with Crippen LogP contribution in [0.25, 0.3) is 0 Å². The molecule has 3 heteroatoms. The van der Waals surface area contributed by atoms with Crippen molar-refractivity contribution < 1.29 is 5.11 Å². The van der Waals surface area contributed by atoms with Crippen LogP contribution in [-0.4, -0.2) is 5.11 Å². The van der Waals surface area contributed by atoms with Gasteiger partial charge in [-0.05, 0) is 52.9 Å². The van der Waals surface area contributed by atoms with Gasteiger partial charge in [-0.25, -0.2) is 0 Å². The summed E-state index contributed by atoms with van der Waals surface area (Å²) in [5.41, 5.74) is 0.891. The van der Waals surface area contributed by atoms with Gasteiger partial charge in [-0.3, -0.25) is 0 Å². The van der Waals surface area contributed by atoms with Crippen molar-refractivity contribution in [2.45, 2.75) is 38.2 Å². The van der Waals surface area contributed by atoms with Crippen LogP contribution in [0.2, 0.25) is 5.02 Å². The lowest BCUT2D eigenvalue weighted by Crippen LogP contribution is -1.97. The van der Waals surface area contributed by atoms with Crippen molar-refractivity contribution >= 4 is 27.5 Å². The van der Waals surface area contributed by atoms with Gasteiger partial charge < -0.3 is 5.11 Å². The molecular formula is C14H18BrClO. The lowest BCUT2D eigenvalue weighted by Gasteiger charge is -2.11. The molecule has 1 rings (SSSR count). The lowest BCUT2D eigenvalue weighted by atomic mass is 10.0. The maximum Gasteiger partial charge on any atom is 0.0790 e. The van der Waals surface area contributed by atoms with E-state index in [-0.39, 0.29) is 0 Å². The summed E-state index contributed by atoms with van der Waals surface area (Å²) in [5.74, 6) is 0. The monoisotopic (exact) mass is 316 g/mol. The Morgan fingerprint density at radius 2 is 2.12 bits per heavy atom. The molecule has 1 aromatic rings. The van der Waals surface area contributed by atoms with Crippen LogP contribution in [-0.2, 0) is 0 Å². The molecule has 0 bridgehead atoms. The minimum atomic E-state index is -0.413. The Hall–Kier alpha value is -0.310. The molecule has 0 saturated carbocycles. The van der Waals surface area contributed by atoms with Gasteiger partial charge >= 0.3 is 0 Å². The number of unbranched alkanes of at least 4 members (excludes halogenated alkanes) is 3. The van der Waals surface area contributed by atoms with E-state index in [1.807, 2.05) is 24.3 Å². The van der Waals surface area contributed by atoms with E-state index >= 15 is 0 Å². The minimum absolute atomic E-state index is 0.413. The first kappa shape index (κ1) is 14.7. The topological polar surface area (TPSA) is 20.2 Å². The van der Waals surface area contributed by atoms with E-state index in [1.165, 1.54) is 0 Å². The molecule has 0 aliphatic heterocycles. The first-order valence-electron chi connectivity index (χ1n) is 5.89. The van der Waals surface area contributed by atoms with Crippen LogP contribution in [0.5, 0.6) is 0 Å². The Labute approximate surface area is 117 Å². The summed E-state index contributed by atoms with van der Waals surface area (Å²) in [6.45, 7) is 3.69. The highest BCUT2D eigenvalue weighted by molar-refractivity contribution is 9.10. The molecular weight excluding hydrogens is 300 g/mol. The third-order valence-electron chi connectivity index (χ3n) is 2.71. The number of rotatable bonds is 7. The second kappa shape index (κ2) is 7.91. The van der Waals surface area contributed by atoms with E-state index in [9.17, 15) is 5.11 Å². The standard InChI is InChI=1S/C14H18BrClO/c1-2-3-4-5-6-7-14(17)11-8-9-12(15)13(16)10-11/h2,8-10,14,17H,1,3-7H2. The molecule has 0 spiro atoms. The normalized spacial score (nSPS) is 12.4. The van der Waals surface area contributed by atoms with Crippen LogP contribution in [0.15, 0.2) is 35.3 Å². The van der Waals surface area contributed by atoms with Gasteiger partial charge in [-0.2, -0.15) is 0 Å². The second-order valence-corrected chi connectivity index (χ2v) is 5.38. The third kappa shape index (κ3) is 5.24. The van der Waals surface area contributed by atoms with Crippen LogP contribution in [0.1, 0.15) is 43.8 Å². The highest BCUT2D eigenvalue weighted by Crippen LogP contribution is 2.28. The van der Waals surface area contributed by atoms with Crippen LogP contribution in [0.3, 0.4) is 0 Å². The molecule has 0 radical (unpaired) electrons. The molecule has 1 atom stereocenters. The molecule has 0 amide bonds. The molecule has 0 fully saturated rings. The summed E-state index contributed by atoms with van der Waals surface area (Å²) >= 11 is 9.33. The van der Waals surface area contributed by atoms with Crippen LogP contribution in [0.4, 0.5) is 0 Å². The summed E-state index contributed by atoms with van der Waals surface area (Å²) in [6.07, 6.45) is 6.68. The highest BCUT2D eigenvalue weighted by atomic mass is 79.9. The number of aliphatic hydroxyl groups excluding tert-OH is 1. The Morgan fingerprint density at radius 1 is 1.35 bits per heavy atom. The van der Waals surface area contributed by atoms with Gasteiger partial charge in [0.1, 0.15) is 0 Å². The molecule has 94 valence electrons. The fourth-order valence-corrected chi connectivity index (χ4v) is 2.13. The zero-order valence-corrected chi connectivity index (χ0v) is 12.2. The summed E-state index contributed by atoms with van der Waals surface area (Å²) < 4.78 is 0.862. The molecule has 1 nitrogen and oxygen atoms in total. The minimum Gasteiger partial charge on any atom is -0.388 e. The van der Waals surface area contributed by atoms with Gasteiger partial charge in [-0.15, -0.1) is 6.58 Å². The van der Waals surface area contributed by atoms with Crippen LogP contribution < -0.4 is 0 Å². The number of benzene rings is 1. The van der Waals surface area contributed by atoms with Gasteiger partial charge in [0.25, 0.3) is 0 Å². The van der Waals surface area contributed by atoms with Crippen LogP contribution >= 0.6 is 27.5 Å². The smallest absolute Gasteiger partial charge is 0.0790 e. The quantitative estimate of drug-likeness (QED) is 0.536. The number of hydrogen-bond donors (Lipinski definition) is 1. The molecule has 0 aromatic heterocycles. The van der Waals surface area contributed by atoms with Crippen molar-refractivity contribution in [2.75, 3.05) is 0 Å². The summed E-state index contributed by atoms with van der Waals surface area (Å²) in [4.78, 5) is 0. The Morgan fingerprint density at radius 3 is 2.76 bits per heavy atom. The molecule has 1 unspecified atom stereocenters. The van der Waals surface area contributed by atoms with Crippen molar-refractivity contribution in [2.24, 2.45) is 0 Å². The summed E-state index contributed by atoms with van der Waals surface area (Å²) in [5, 5.41) is 10.6. The van der Waals surface area contributed by atoms with Crippen molar-refractivity contribution in [3.05, 3.63) is 45.9 Å². The van der Waals surface area contributed by atoms with Gasteiger partial charge in [0.05, 0.1) is 11.1 Å². The molecule has 0 heterocycles. The fourth-order valence-electron chi connectivity index (χ4n) is 1.69. The van der Waals surface area contributed by atoms with E-state index in [2.05, 4.69) is 22.5 Å². The largest absolute Gasteiger partial charge is 0.388 e.